The summed E-state index contributed by atoms with van der Waals surface area (Å²) in [6, 6.07) is 13.8. The fraction of sp³-hybridized carbons (Fsp3) is 0.273. The Morgan fingerprint density at radius 1 is 0.964 bits per heavy atom. The van der Waals surface area contributed by atoms with Gasteiger partial charge in [-0.1, -0.05) is 25.5 Å². The number of unbranched alkanes of at least 4 members (excludes halogenated alkanes) is 1. The van der Waals surface area contributed by atoms with Gasteiger partial charge < -0.3 is 19.5 Å². The number of carbonyl (C=O) groups is 2. The highest BCUT2D eigenvalue weighted by Crippen LogP contribution is 2.15. The lowest BCUT2D eigenvalue weighted by Gasteiger charge is -2.10. The molecule has 2 aromatic carbocycles. The van der Waals surface area contributed by atoms with E-state index in [-0.39, 0.29) is 5.70 Å². The predicted molar refractivity (Wildman–Crippen MR) is 107 cm³/mol. The molecule has 0 aliphatic rings. The van der Waals surface area contributed by atoms with Crippen molar-refractivity contribution in [3.05, 3.63) is 65.4 Å². The van der Waals surface area contributed by atoms with Gasteiger partial charge in [0, 0.05) is 5.56 Å². The van der Waals surface area contributed by atoms with Crippen molar-refractivity contribution in [3.63, 3.8) is 0 Å². The summed E-state index contributed by atoms with van der Waals surface area (Å²) < 4.78 is 15.5. The number of benzene rings is 2. The summed E-state index contributed by atoms with van der Waals surface area (Å²) in [6.07, 6.45) is 3.57. The van der Waals surface area contributed by atoms with Crippen LogP contribution in [0.15, 0.2) is 54.2 Å². The van der Waals surface area contributed by atoms with Crippen LogP contribution in [0.4, 0.5) is 0 Å². The molecule has 0 unspecified atom stereocenters. The molecule has 2 rings (SSSR count). The molecule has 0 aliphatic heterocycles. The van der Waals surface area contributed by atoms with E-state index < -0.39 is 11.9 Å². The molecule has 1 amide bonds. The van der Waals surface area contributed by atoms with Crippen molar-refractivity contribution >= 4 is 18.0 Å². The van der Waals surface area contributed by atoms with Gasteiger partial charge in [-0.05, 0) is 54.5 Å². The first-order chi connectivity index (χ1) is 13.6. The first-order valence-corrected chi connectivity index (χ1v) is 9.05. The summed E-state index contributed by atoms with van der Waals surface area (Å²) in [7, 11) is 2.84. The Balaban J connectivity index is 2.11. The monoisotopic (exact) mass is 383 g/mol. The minimum atomic E-state index is -0.635. The van der Waals surface area contributed by atoms with Gasteiger partial charge in [-0.3, -0.25) is 4.79 Å². The minimum absolute atomic E-state index is 0.0425. The maximum atomic E-state index is 12.5. The third-order valence-corrected chi connectivity index (χ3v) is 3.96. The molecule has 0 spiro atoms. The van der Waals surface area contributed by atoms with E-state index in [4.69, 9.17) is 14.2 Å². The van der Waals surface area contributed by atoms with E-state index in [9.17, 15) is 9.59 Å². The largest absolute Gasteiger partial charge is 0.497 e. The predicted octanol–water partition coefficient (Wildman–Crippen LogP) is 3.82. The van der Waals surface area contributed by atoms with Gasteiger partial charge in [-0.2, -0.15) is 0 Å². The number of amides is 1. The van der Waals surface area contributed by atoms with Gasteiger partial charge >= 0.3 is 5.97 Å². The summed E-state index contributed by atoms with van der Waals surface area (Å²) in [4.78, 5) is 24.6. The molecule has 2 aromatic rings. The average Bonchev–Trinajstić information content (AvgIpc) is 2.73. The van der Waals surface area contributed by atoms with Crippen molar-refractivity contribution in [2.45, 2.75) is 19.8 Å². The highest BCUT2D eigenvalue weighted by Gasteiger charge is 2.15. The van der Waals surface area contributed by atoms with Crippen LogP contribution in [0.25, 0.3) is 6.08 Å². The maximum absolute atomic E-state index is 12.5. The summed E-state index contributed by atoms with van der Waals surface area (Å²) in [6.45, 7) is 2.73. The molecule has 0 heterocycles. The van der Waals surface area contributed by atoms with Crippen LogP contribution in [-0.2, 0) is 9.53 Å². The molecule has 0 radical (unpaired) electrons. The Kier molecular flexibility index (Phi) is 8.09. The summed E-state index contributed by atoms with van der Waals surface area (Å²) >= 11 is 0. The number of rotatable bonds is 9. The molecule has 0 saturated carbocycles. The summed E-state index contributed by atoms with van der Waals surface area (Å²) in [5.74, 6) is 0.350. The smallest absolute Gasteiger partial charge is 0.354 e. The molecule has 6 nitrogen and oxygen atoms in total. The van der Waals surface area contributed by atoms with E-state index in [1.165, 1.54) is 7.11 Å². The molecule has 148 valence electrons. The summed E-state index contributed by atoms with van der Waals surface area (Å²) in [5.41, 5.74) is 1.18. The van der Waals surface area contributed by atoms with Crippen LogP contribution in [0.5, 0.6) is 11.5 Å². The molecule has 0 fully saturated rings. The SMILES string of the molecule is CCCCOc1ccc(C(=O)NC(=Cc2ccc(OC)cc2)C(=O)OC)cc1. The Labute approximate surface area is 165 Å². The van der Waals surface area contributed by atoms with Crippen LogP contribution >= 0.6 is 0 Å². The van der Waals surface area contributed by atoms with Gasteiger partial charge in [0.2, 0.25) is 0 Å². The van der Waals surface area contributed by atoms with E-state index in [2.05, 4.69) is 12.2 Å². The topological polar surface area (TPSA) is 73.9 Å². The zero-order valence-electron chi connectivity index (χ0n) is 16.4. The molecule has 0 atom stereocenters. The second kappa shape index (κ2) is 10.8. The normalized spacial score (nSPS) is 10.9. The zero-order chi connectivity index (χ0) is 20.4. The lowest BCUT2D eigenvalue weighted by molar-refractivity contribution is -0.136. The van der Waals surface area contributed by atoms with Crippen molar-refractivity contribution in [1.82, 2.24) is 5.32 Å². The lowest BCUT2D eigenvalue weighted by atomic mass is 10.1. The van der Waals surface area contributed by atoms with E-state index >= 15 is 0 Å². The number of hydrogen-bond acceptors (Lipinski definition) is 5. The van der Waals surface area contributed by atoms with Gasteiger partial charge in [-0.25, -0.2) is 4.79 Å². The highest BCUT2D eigenvalue weighted by atomic mass is 16.5. The van der Waals surface area contributed by atoms with Crippen LogP contribution in [-0.4, -0.2) is 32.7 Å². The molecular weight excluding hydrogens is 358 g/mol. The fourth-order valence-electron chi connectivity index (χ4n) is 2.35. The van der Waals surface area contributed by atoms with Crippen molar-refractivity contribution in [2.75, 3.05) is 20.8 Å². The second-order valence-electron chi connectivity index (χ2n) is 6.00. The van der Waals surface area contributed by atoms with E-state index in [0.717, 1.165) is 18.4 Å². The third kappa shape index (κ3) is 6.16. The second-order valence-corrected chi connectivity index (χ2v) is 6.00. The quantitative estimate of drug-likeness (QED) is 0.405. The Morgan fingerprint density at radius 3 is 2.18 bits per heavy atom. The van der Waals surface area contributed by atoms with Crippen molar-refractivity contribution < 1.29 is 23.8 Å². The maximum Gasteiger partial charge on any atom is 0.354 e. The van der Waals surface area contributed by atoms with Crippen LogP contribution in [0.2, 0.25) is 0 Å². The number of carbonyl (C=O) groups excluding carboxylic acids is 2. The Hall–Kier alpha value is -3.28. The fourth-order valence-corrected chi connectivity index (χ4v) is 2.35. The van der Waals surface area contributed by atoms with Crippen molar-refractivity contribution in [1.29, 1.82) is 0 Å². The van der Waals surface area contributed by atoms with Gasteiger partial charge in [-0.15, -0.1) is 0 Å². The van der Waals surface area contributed by atoms with Gasteiger partial charge in [0.1, 0.15) is 17.2 Å². The Bertz CT molecular complexity index is 810. The lowest BCUT2D eigenvalue weighted by Crippen LogP contribution is -2.28. The molecule has 1 N–H and O–H groups in total. The first kappa shape index (κ1) is 21.0. The molecule has 0 aromatic heterocycles. The Morgan fingerprint density at radius 2 is 1.61 bits per heavy atom. The molecule has 0 aliphatic carbocycles. The van der Waals surface area contributed by atoms with E-state index in [1.54, 1.807) is 61.7 Å². The van der Waals surface area contributed by atoms with Crippen LogP contribution in [0.1, 0.15) is 35.7 Å². The number of methoxy groups -OCH3 is 2. The van der Waals surface area contributed by atoms with Gasteiger partial charge in [0.05, 0.1) is 20.8 Å². The van der Waals surface area contributed by atoms with Crippen molar-refractivity contribution in [3.8, 4) is 11.5 Å². The third-order valence-electron chi connectivity index (χ3n) is 3.96. The number of ether oxygens (including phenoxy) is 3. The van der Waals surface area contributed by atoms with Gasteiger partial charge in [0.25, 0.3) is 5.91 Å². The molecule has 0 bridgehead atoms. The molecule has 0 saturated heterocycles. The van der Waals surface area contributed by atoms with Crippen LogP contribution in [0, 0.1) is 0 Å². The first-order valence-electron chi connectivity index (χ1n) is 9.05. The van der Waals surface area contributed by atoms with Crippen molar-refractivity contribution in [2.24, 2.45) is 0 Å². The van der Waals surface area contributed by atoms with E-state index in [1.807, 2.05) is 0 Å². The zero-order valence-corrected chi connectivity index (χ0v) is 16.4. The highest BCUT2D eigenvalue weighted by molar-refractivity contribution is 6.03. The number of esters is 1. The van der Waals surface area contributed by atoms with E-state index in [0.29, 0.717) is 23.7 Å². The van der Waals surface area contributed by atoms with Crippen LogP contribution < -0.4 is 14.8 Å². The van der Waals surface area contributed by atoms with Crippen LogP contribution in [0.3, 0.4) is 0 Å². The standard InChI is InChI=1S/C22H25NO5/c1-4-5-14-28-19-12-8-17(9-13-19)21(24)23-20(22(25)27-3)15-16-6-10-18(26-2)11-7-16/h6-13,15H,4-5,14H2,1-3H3,(H,23,24). The molecular formula is C22H25NO5. The molecule has 6 heteroatoms. The molecule has 28 heavy (non-hydrogen) atoms. The summed E-state index contributed by atoms with van der Waals surface area (Å²) in [5, 5.41) is 2.61. The number of nitrogens with one attached hydrogen (secondary N) is 1. The van der Waals surface area contributed by atoms with Gasteiger partial charge in [0.15, 0.2) is 0 Å². The minimum Gasteiger partial charge on any atom is -0.497 e. The average molecular weight is 383 g/mol. The number of hydrogen-bond donors (Lipinski definition) is 1.